The van der Waals surface area contributed by atoms with Crippen LogP contribution >= 0.6 is 23.1 Å². The van der Waals surface area contributed by atoms with Crippen molar-refractivity contribution >= 4 is 50.3 Å². The maximum Gasteiger partial charge on any atom is 0.294 e. The van der Waals surface area contributed by atoms with E-state index in [0.29, 0.717) is 23.0 Å². The van der Waals surface area contributed by atoms with Gasteiger partial charge in [0.25, 0.3) is 15.9 Å². The third-order valence-electron chi connectivity index (χ3n) is 4.39. The molecule has 2 heterocycles. The quantitative estimate of drug-likeness (QED) is 0.270. The Labute approximate surface area is 196 Å². The van der Waals surface area contributed by atoms with Crippen molar-refractivity contribution in [3.8, 4) is 11.5 Å². The highest BCUT2D eigenvalue weighted by atomic mass is 32.2. The minimum atomic E-state index is -3.91. The molecule has 0 saturated carbocycles. The van der Waals surface area contributed by atoms with Crippen molar-refractivity contribution in [3.63, 3.8) is 0 Å². The van der Waals surface area contributed by atoms with Crippen molar-refractivity contribution in [1.82, 2.24) is 4.90 Å². The number of thiophene rings is 1. The SMILES string of the molecule is C=CCN1C(=O)C(=Cc2ccc(OCCCC)c(OC)c2)SC1=NS(=O)(=O)c1cccs1. The number of amides is 1. The lowest BCUT2D eigenvalue weighted by atomic mass is 10.2. The summed E-state index contributed by atoms with van der Waals surface area (Å²) < 4.78 is 40.4. The highest BCUT2D eigenvalue weighted by Gasteiger charge is 2.34. The molecule has 10 heteroatoms. The Hall–Kier alpha value is -2.56. The fraction of sp³-hybridized carbons (Fsp3) is 0.273. The number of carbonyl (C=O) groups is 1. The molecular weight excluding hydrogens is 468 g/mol. The van der Waals surface area contributed by atoms with E-state index in [1.165, 1.54) is 17.0 Å². The Morgan fingerprint density at radius 1 is 1.25 bits per heavy atom. The lowest BCUT2D eigenvalue weighted by Gasteiger charge is -2.12. The number of methoxy groups -OCH3 is 1. The summed E-state index contributed by atoms with van der Waals surface area (Å²) in [6.07, 6.45) is 5.18. The first-order chi connectivity index (χ1) is 15.4. The zero-order valence-corrected chi connectivity index (χ0v) is 20.3. The molecule has 1 amide bonds. The minimum Gasteiger partial charge on any atom is -0.493 e. The van der Waals surface area contributed by atoms with Crippen molar-refractivity contribution in [3.05, 3.63) is 58.8 Å². The van der Waals surface area contributed by atoms with E-state index in [2.05, 4.69) is 17.9 Å². The van der Waals surface area contributed by atoms with Crippen LogP contribution in [0, 0.1) is 0 Å². The zero-order valence-electron chi connectivity index (χ0n) is 17.8. The van der Waals surface area contributed by atoms with Crippen molar-refractivity contribution in [1.29, 1.82) is 0 Å². The van der Waals surface area contributed by atoms with Gasteiger partial charge in [0, 0.05) is 6.54 Å². The molecular formula is C22H24N2O5S3. The van der Waals surface area contributed by atoms with Gasteiger partial charge in [-0.05, 0) is 53.4 Å². The molecule has 7 nitrogen and oxygen atoms in total. The predicted molar refractivity (Wildman–Crippen MR) is 130 cm³/mol. The number of benzene rings is 1. The standard InChI is InChI=1S/C22H24N2O5S3/c1-4-6-12-29-17-10-9-16(14-18(17)28-3)15-19-21(25)24(11-5-2)22(31-19)23-32(26,27)20-8-7-13-30-20/h5,7-10,13-15H,2,4,6,11-12H2,1,3H3. The Kier molecular flexibility index (Phi) is 8.16. The number of sulfonamides is 1. The second-order valence-corrected chi connectivity index (χ2v) is 10.5. The summed E-state index contributed by atoms with van der Waals surface area (Å²) in [5.41, 5.74) is 0.724. The van der Waals surface area contributed by atoms with Gasteiger partial charge in [-0.25, -0.2) is 0 Å². The highest BCUT2D eigenvalue weighted by Crippen LogP contribution is 2.36. The topological polar surface area (TPSA) is 85.3 Å². The summed E-state index contributed by atoms with van der Waals surface area (Å²) in [5, 5.41) is 1.76. The maximum absolute atomic E-state index is 12.9. The Bertz CT molecular complexity index is 1140. The van der Waals surface area contributed by atoms with Crippen molar-refractivity contribution in [2.24, 2.45) is 4.40 Å². The van der Waals surface area contributed by atoms with E-state index in [4.69, 9.17) is 9.47 Å². The lowest BCUT2D eigenvalue weighted by molar-refractivity contribution is -0.121. The first-order valence-electron chi connectivity index (χ1n) is 9.91. The maximum atomic E-state index is 12.9. The number of thioether (sulfide) groups is 1. The molecule has 0 radical (unpaired) electrons. The molecule has 2 aromatic rings. The van der Waals surface area contributed by atoms with Crippen molar-refractivity contribution in [2.75, 3.05) is 20.3 Å². The second-order valence-electron chi connectivity index (χ2n) is 6.71. The molecule has 1 aromatic carbocycles. The van der Waals surface area contributed by atoms with Crippen LogP contribution in [-0.4, -0.2) is 44.7 Å². The zero-order chi connectivity index (χ0) is 23.1. The molecule has 1 aromatic heterocycles. The van der Waals surface area contributed by atoms with E-state index >= 15 is 0 Å². The molecule has 0 atom stereocenters. The number of nitrogens with zero attached hydrogens (tertiary/aromatic N) is 2. The molecule has 0 aliphatic carbocycles. The summed E-state index contributed by atoms with van der Waals surface area (Å²) >= 11 is 2.09. The predicted octanol–water partition coefficient (Wildman–Crippen LogP) is 4.78. The molecule has 170 valence electrons. The van der Waals surface area contributed by atoms with Crippen LogP contribution in [0.2, 0.25) is 0 Å². The molecule has 1 aliphatic heterocycles. The average molecular weight is 493 g/mol. The molecule has 0 unspecified atom stereocenters. The van der Waals surface area contributed by atoms with Gasteiger partial charge in [0.2, 0.25) is 0 Å². The van der Waals surface area contributed by atoms with Crippen LogP contribution in [0.25, 0.3) is 6.08 Å². The summed E-state index contributed by atoms with van der Waals surface area (Å²) in [7, 11) is -2.35. The number of rotatable bonds is 10. The molecule has 0 spiro atoms. The molecule has 1 aliphatic rings. The van der Waals surface area contributed by atoms with Crippen LogP contribution in [0.3, 0.4) is 0 Å². The minimum absolute atomic E-state index is 0.0982. The number of carbonyl (C=O) groups excluding carboxylic acids is 1. The number of amidine groups is 1. The highest BCUT2D eigenvalue weighted by molar-refractivity contribution is 8.19. The normalized spacial score (nSPS) is 16.7. The first-order valence-corrected chi connectivity index (χ1v) is 13.0. The van der Waals surface area contributed by atoms with Gasteiger partial charge < -0.3 is 9.47 Å². The van der Waals surface area contributed by atoms with Crippen molar-refractivity contribution < 1.29 is 22.7 Å². The number of hydrogen-bond acceptors (Lipinski definition) is 7. The fourth-order valence-electron chi connectivity index (χ4n) is 2.80. The van der Waals surface area contributed by atoms with Gasteiger partial charge in [-0.2, -0.15) is 8.42 Å². The summed E-state index contributed by atoms with van der Waals surface area (Å²) in [6.45, 7) is 6.49. The van der Waals surface area contributed by atoms with Gasteiger partial charge in [0.1, 0.15) is 4.21 Å². The van der Waals surface area contributed by atoms with Crippen LogP contribution in [-0.2, 0) is 14.8 Å². The van der Waals surface area contributed by atoms with Gasteiger partial charge in [-0.3, -0.25) is 9.69 Å². The molecule has 0 N–H and O–H groups in total. The van der Waals surface area contributed by atoms with Gasteiger partial charge in [0.05, 0.1) is 18.6 Å². The molecule has 1 fully saturated rings. The van der Waals surface area contributed by atoms with Gasteiger partial charge >= 0.3 is 0 Å². The number of hydrogen-bond donors (Lipinski definition) is 0. The van der Waals surface area contributed by atoms with Crippen LogP contribution in [0.1, 0.15) is 25.3 Å². The Balaban J connectivity index is 1.90. The summed E-state index contributed by atoms with van der Waals surface area (Å²) in [4.78, 5) is 14.6. The molecule has 32 heavy (non-hydrogen) atoms. The van der Waals surface area contributed by atoms with E-state index in [0.717, 1.165) is 41.5 Å². The number of ether oxygens (including phenoxy) is 2. The molecule has 0 bridgehead atoms. The summed E-state index contributed by atoms with van der Waals surface area (Å²) in [6, 6.07) is 8.51. The molecule has 1 saturated heterocycles. The van der Waals surface area contributed by atoms with Crippen LogP contribution < -0.4 is 9.47 Å². The van der Waals surface area contributed by atoms with Crippen molar-refractivity contribution in [2.45, 2.75) is 24.0 Å². The van der Waals surface area contributed by atoms with Gasteiger partial charge in [-0.1, -0.05) is 31.6 Å². The third kappa shape index (κ3) is 5.62. The van der Waals surface area contributed by atoms with E-state index < -0.39 is 10.0 Å². The van der Waals surface area contributed by atoms with E-state index in [1.54, 1.807) is 36.8 Å². The van der Waals surface area contributed by atoms with E-state index in [1.807, 2.05) is 6.07 Å². The fourth-order valence-corrected chi connectivity index (χ4v) is 5.95. The largest absolute Gasteiger partial charge is 0.493 e. The molecule has 3 rings (SSSR count). The Morgan fingerprint density at radius 2 is 2.06 bits per heavy atom. The summed E-state index contributed by atoms with van der Waals surface area (Å²) in [5.74, 6) is 0.853. The number of unbranched alkanes of at least 4 members (excludes halogenated alkanes) is 1. The Morgan fingerprint density at radius 3 is 2.72 bits per heavy atom. The van der Waals surface area contributed by atoms with E-state index in [9.17, 15) is 13.2 Å². The second kappa shape index (κ2) is 10.8. The van der Waals surface area contributed by atoms with Crippen LogP contribution in [0.5, 0.6) is 11.5 Å². The van der Waals surface area contributed by atoms with E-state index in [-0.39, 0.29) is 21.8 Å². The van der Waals surface area contributed by atoms with Gasteiger partial charge in [0.15, 0.2) is 16.7 Å². The van der Waals surface area contributed by atoms with Crippen LogP contribution in [0.4, 0.5) is 0 Å². The smallest absolute Gasteiger partial charge is 0.294 e. The average Bonchev–Trinajstić information content (AvgIpc) is 3.41. The first kappa shape index (κ1) is 24.1. The third-order valence-corrected chi connectivity index (χ3v) is 8.15. The lowest BCUT2D eigenvalue weighted by Crippen LogP contribution is -2.29. The van der Waals surface area contributed by atoms with Gasteiger partial charge in [-0.15, -0.1) is 22.3 Å². The van der Waals surface area contributed by atoms with Crippen LogP contribution in [0.15, 0.2) is 61.9 Å². The monoisotopic (exact) mass is 492 g/mol.